The number of unbranched alkanes of at least 4 members (excludes halogenated alkanes) is 1. The van der Waals surface area contributed by atoms with E-state index < -0.39 is 23.1 Å². The van der Waals surface area contributed by atoms with Crippen molar-refractivity contribution in [1.82, 2.24) is 10.2 Å². The molecule has 0 saturated carbocycles. The zero-order chi connectivity index (χ0) is 19.9. The van der Waals surface area contributed by atoms with Crippen LogP contribution in [0.4, 0.5) is 0 Å². The van der Waals surface area contributed by atoms with E-state index in [0.717, 1.165) is 25.7 Å². The lowest BCUT2D eigenvalue weighted by Gasteiger charge is -2.27. The van der Waals surface area contributed by atoms with Crippen LogP contribution in [0.25, 0.3) is 0 Å². The van der Waals surface area contributed by atoms with Crippen LogP contribution in [-0.2, 0) is 20.8 Å². The highest BCUT2D eigenvalue weighted by Gasteiger charge is 2.40. The molecule has 2 rings (SSSR count). The standard InChI is InChI=1S/C22H32N2O3/c1-4-22(2,3)19(25)21(27)24-16-10-14-18(24)20(26)23-15-9-8-13-17-11-6-5-7-12-17/h5-7,11-12,18H,4,8-10,13-16H2,1-3H3,(H,23,26). The number of hydrogen-bond donors (Lipinski definition) is 1. The fourth-order valence-electron chi connectivity index (χ4n) is 3.29. The van der Waals surface area contributed by atoms with Gasteiger partial charge in [-0.15, -0.1) is 0 Å². The topological polar surface area (TPSA) is 66.5 Å². The predicted molar refractivity (Wildman–Crippen MR) is 106 cm³/mol. The Kier molecular flexibility index (Phi) is 7.57. The first-order chi connectivity index (χ1) is 12.9. The van der Waals surface area contributed by atoms with Crippen molar-refractivity contribution in [2.75, 3.05) is 13.1 Å². The van der Waals surface area contributed by atoms with E-state index in [1.54, 1.807) is 13.8 Å². The number of likely N-dealkylation sites (tertiary alicyclic amines) is 1. The van der Waals surface area contributed by atoms with Gasteiger partial charge in [-0.05, 0) is 44.1 Å². The molecule has 1 N–H and O–H groups in total. The average Bonchev–Trinajstić information content (AvgIpc) is 3.17. The lowest BCUT2D eigenvalue weighted by atomic mass is 9.84. The van der Waals surface area contributed by atoms with Crippen molar-refractivity contribution in [2.45, 2.75) is 65.3 Å². The Balaban J connectivity index is 1.79. The number of ketones is 1. The number of Topliss-reactive ketones (excluding diaryl/α,β-unsaturated/α-hetero) is 1. The van der Waals surface area contributed by atoms with Crippen molar-refractivity contribution >= 4 is 17.6 Å². The molecule has 2 amide bonds. The van der Waals surface area contributed by atoms with Crippen LogP contribution in [0, 0.1) is 5.41 Å². The minimum atomic E-state index is -0.682. The highest BCUT2D eigenvalue weighted by molar-refractivity contribution is 6.38. The zero-order valence-electron chi connectivity index (χ0n) is 16.8. The summed E-state index contributed by atoms with van der Waals surface area (Å²) in [7, 11) is 0. The first kappa shape index (κ1) is 21.1. The van der Waals surface area contributed by atoms with Gasteiger partial charge in [-0.1, -0.05) is 51.1 Å². The molecule has 1 heterocycles. The smallest absolute Gasteiger partial charge is 0.291 e. The average molecular weight is 373 g/mol. The molecule has 0 radical (unpaired) electrons. The van der Waals surface area contributed by atoms with Crippen LogP contribution in [0.5, 0.6) is 0 Å². The molecule has 27 heavy (non-hydrogen) atoms. The molecule has 0 aliphatic carbocycles. The molecule has 148 valence electrons. The SMILES string of the molecule is CCC(C)(C)C(=O)C(=O)N1CCCC1C(=O)NCCCCc1ccccc1. The molecule has 0 aromatic heterocycles. The summed E-state index contributed by atoms with van der Waals surface area (Å²) in [6, 6.07) is 9.77. The van der Waals surface area contributed by atoms with Crippen molar-refractivity contribution < 1.29 is 14.4 Å². The number of aryl methyl sites for hydroxylation is 1. The minimum Gasteiger partial charge on any atom is -0.354 e. The van der Waals surface area contributed by atoms with E-state index in [9.17, 15) is 14.4 Å². The molecule has 1 aromatic rings. The van der Waals surface area contributed by atoms with Crippen LogP contribution in [0.15, 0.2) is 30.3 Å². The van der Waals surface area contributed by atoms with Crippen molar-refractivity contribution in [1.29, 1.82) is 0 Å². The summed E-state index contributed by atoms with van der Waals surface area (Å²) in [6.45, 7) is 6.54. The van der Waals surface area contributed by atoms with E-state index in [-0.39, 0.29) is 5.91 Å². The first-order valence-electron chi connectivity index (χ1n) is 10.0. The maximum absolute atomic E-state index is 12.6. The third-order valence-electron chi connectivity index (χ3n) is 5.54. The number of amides is 2. The maximum atomic E-state index is 12.6. The van der Waals surface area contributed by atoms with Gasteiger partial charge in [0, 0.05) is 18.5 Å². The Labute approximate surface area is 162 Å². The van der Waals surface area contributed by atoms with Gasteiger partial charge < -0.3 is 10.2 Å². The second-order valence-electron chi connectivity index (χ2n) is 7.96. The number of carbonyl (C=O) groups is 3. The van der Waals surface area contributed by atoms with Gasteiger partial charge in [-0.25, -0.2) is 0 Å². The third kappa shape index (κ3) is 5.65. The molecular weight excluding hydrogens is 340 g/mol. The Morgan fingerprint density at radius 1 is 1.15 bits per heavy atom. The van der Waals surface area contributed by atoms with Gasteiger partial charge in [-0.3, -0.25) is 14.4 Å². The summed E-state index contributed by atoms with van der Waals surface area (Å²) < 4.78 is 0. The summed E-state index contributed by atoms with van der Waals surface area (Å²) in [6.07, 6.45) is 4.87. The number of carbonyl (C=O) groups excluding carboxylic acids is 3. The molecule has 1 aromatic carbocycles. The molecule has 1 fully saturated rings. The largest absolute Gasteiger partial charge is 0.354 e. The zero-order valence-corrected chi connectivity index (χ0v) is 16.8. The number of nitrogens with zero attached hydrogens (tertiary/aromatic N) is 1. The minimum absolute atomic E-state index is 0.136. The van der Waals surface area contributed by atoms with Crippen LogP contribution in [0.3, 0.4) is 0 Å². The van der Waals surface area contributed by atoms with Crippen molar-refractivity contribution in [2.24, 2.45) is 5.41 Å². The van der Waals surface area contributed by atoms with Gasteiger partial charge in [0.15, 0.2) is 0 Å². The fourth-order valence-corrected chi connectivity index (χ4v) is 3.29. The van der Waals surface area contributed by atoms with Gasteiger partial charge in [0.1, 0.15) is 6.04 Å². The predicted octanol–water partition coefficient (Wildman–Crippen LogP) is 3.12. The van der Waals surface area contributed by atoms with E-state index in [1.165, 1.54) is 10.5 Å². The maximum Gasteiger partial charge on any atom is 0.291 e. The Bertz CT molecular complexity index is 655. The molecule has 1 atom stereocenters. The summed E-state index contributed by atoms with van der Waals surface area (Å²) in [5, 5.41) is 2.94. The molecule has 1 aliphatic heterocycles. The van der Waals surface area contributed by atoms with Gasteiger partial charge in [0.2, 0.25) is 11.7 Å². The molecular formula is C22H32N2O3. The Morgan fingerprint density at radius 3 is 2.52 bits per heavy atom. The van der Waals surface area contributed by atoms with E-state index in [4.69, 9.17) is 0 Å². The highest BCUT2D eigenvalue weighted by Crippen LogP contribution is 2.25. The van der Waals surface area contributed by atoms with Crippen LogP contribution >= 0.6 is 0 Å². The first-order valence-corrected chi connectivity index (χ1v) is 10.0. The molecule has 1 unspecified atom stereocenters. The fraction of sp³-hybridized carbons (Fsp3) is 0.591. The molecule has 1 aliphatic rings. The van der Waals surface area contributed by atoms with E-state index >= 15 is 0 Å². The second kappa shape index (κ2) is 9.67. The van der Waals surface area contributed by atoms with Crippen LogP contribution in [-0.4, -0.2) is 41.6 Å². The molecule has 0 spiro atoms. The molecule has 1 saturated heterocycles. The normalized spacial score (nSPS) is 17.0. The molecule has 5 nitrogen and oxygen atoms in total. The number of hydrogen-bond acceptors (Lipinski definition) is 3. The monoisotopic (exact) mass is 372 g/mol. The highest BCUT2D eigenvalue weighted by atomic mass is 16.2. The van der Waals surface area contributed by atoms with Crippen molar-refractivity contribution in [3.63, 3.8) is 0 Å². The van der Waals surface area contributed by atoms with Crippen molar-refractivity contribution in [3.05, 3.63) is 35.9 Å². The Morgan fingerprint density at radius 2 is 1.85 bits per heavy atom. The summed E-state index contributed by atoms with van der Waals surface area (Å²) in [5.41, 5.74) is 0.617. The lowest BCUT2D eigenvalue weighted by Crippen LogP contribution is -2.50. The summed E-state index contributed by atoms with van der Waals surface area (Å²) in [5.74, 6) is -1.04. The quantitative estimate of drug-likeness (QED) is 0.535. The summed E-state index contributed by atoms with van der Waals surface area (Å²) >= 11 is 0. The molecule has 5 heteroatoms. The van der Waals surface area contributed by atoms with Gasteiger partial charge >= 0.3 is 0 Å². The van der Waals surface area contributed by atoms with E-state index in [0.29, 0.717) is 25.9 Å². The Hall–Kier alpha value is -2.17. The van der Waals surface area contributed by atoms with Gasteiger partial charge in [-0.2, -0.15) is 0 Å². The number of rotatable bonds is 9. The van der Waals surface area contributed by atoms with Gasteiger partial charge in [0.05, 0.1) is 0 Å². The van der Waals surface area contributed by atoms with E-state index in [1.807, 2.05) is 25.1 Å². The number of benzene rings is 1. The van der Waals surface area contributed by atoms with Crippen molar-refractivity contribution in [3.8, 4) is 0 Å². The van der Waals surface area contributed by atoms with Crippen LogP contribution in [0.2, 0.25) is 0 Å². The van der Waals surface area contributed by atoms with Crippen LogP contribution in [0.1, 0.15) is 58.4 Å². The number of nitrogens with one attached hydrogen (secondary N) is 1. The third-order valence-corrected chi connectivity index (χ3v) is 5.54. The lowest BCUT2D eigenvalue weighted by molar-refractivity contribution is -0.151. The van der Waals surface area contributed by atoms with Gasteiger partial charge in [0.25, 0.3) is 5.91 Å². The second-order valence-corrected chi connectivity index (χ2v) is 7.96. The summed E-state index contributed by atoms with van der Waals surface area (Å²) in [4.78, 5) is 39.0. The van der Waals surface area contributed by atoms with E-state index in [2.05, 4.69) is 17.4 Å². The van der Waals surface area contributed by atoms with Crippen LogP contribution < -0.4 is 5.32 Å². The molecule has 0 bridgehead atoms.